The first-order chi connectivity index (χ1) is 14.6. The van der Waals surface area contributed by atoms with Gasteiger partial charge in [0.05, 0.1) is 26.4 Å². The number of carbonyl (C=O) groups excluding carboxylic acids is 2. The molecule has 0 spiro atoms. The smallest absolute Gasteiger partial charge is 0.197 e. The lowest BCUT2D eigenvalue weighted by Crippen LogP contribution is -1.99. The zero-order chi connectivity index (χ0) is 20.4. The highest BCUT2D eigenvalue weighted by Crippen LogP contribution is 2.37. The molecule has 0 saturated heterocycles. The minimum Gasteiger partial charge on any atom is -0.342 e. The van der Waals surface area contributed by atoms with E-state index < -0.39 is 0 Å². The average molecular weight is 426 g/mol. The molecule has 1 aliphatic carbocycles. The van der Waals surface area contributed by atoms with E-state index >= 15 is 0 Å². The van der Waals surface area contributed by atoms with E-state index in [0.29, 0.717) is 11.1 Å². The number of aryl methyl sites for hydroxylation is 1. The monoisotopic (exact) mass is 425 g/mol. The van der Waals surface area contributed by atoms with Gasteiger partial charge in [-0.25, -0.2) is 0 Å². The van der Waals surface area contributed by atoms with E-state index in [9.17, 15) is 9.59 Å². The van der Waals surface area contributed by atoms with Gasteiger partial charge in [0.1, 0.15) is 0 Å². The number of carbonyl (C=O) groups is 2. The molecule has 5 aromatic rings. The van der Waals surface area contributed by atoms with Gasteiger partial charge in [-0.1, -0.05) is 30.3 Å². The third-order valence-electron chi connectivity index (χ3n) is 5.67. The minimum atomic E-state index is -0.183. The van der Waals surface area contributed by atoms with E-state index in [1.807, 2.05) is 43.4 Å². The second-order valence-electron chi connectivity index (χ2n) is 7.43. The molecule has 0 fully saturated rings. The van der Waals surface area contributed by atoms with Gasteiger partial charge < -0.3 is 4.57 Å². The fourth-order valence-corrected chi connectivity index (χ4v) is 6.00. The fourth-order valence-electron chi connectivity index (χ4n) is 4.15. The maximum Gasteiger partial charge on any atom is 0.197 e. The van der Waals surface area contributed by atoms with E-state index in [4.69, 9.17) is 0 Å². The molecule has 5 heteroatoms. The van der Waals surface area contributed by atoms with Gasteiger partial charge in [-0.15, -0.1) is 22.7 Å². The van der Waals surface area contributed by atoms with Crippen LogP contribution in [0.1, 0.15) is 25.6 Å². The van der Waals surface area contributed by atoms with E-state index in [0.717, 1.165) is 25.9 Å². The molecule has 0 radical (unpaired) electrons. The molecule has 6 rings (SSSR count). The number of nitrogens with zero attached hydrogens (tertiary/aromatic N) is 1. The van der Waals surface area contributed by atoms with Gasteiger partial charge in [0.15, 0.2) is 11.6 Å². The Labute approximate surface area is 180 Å². The van der Waals surface area contributed by atoms with E-state index in [-0.39, 0.29) is 17.1 Å². The van der Waals surface area contributed by atoms with Crippen LogP contribution in [0.25, 0.3) is 37.6 Å². The molecule has 0 unspecified atom stereocenters. The lowest BCUT2D eigenvalue weighted by atomic mass is 10.0. The van der Waals surface area contributed by atoms with Gasteiger partial charge >= 0.3 is 0 Å². The van der Waals surface area contributed by atoms with E-state index in [2.05, 4.69) is 34.2 Å². The molecule has 3 nitrogen and oxygen atoms in total. The Balaban J connectivity index is 1.43. The summed E-state index contributed by atoms with van der Waals surface area (Å²) in [4.78, 5) is 28.1. The van der Waals surface area contributed by atoms with Crippen molar-refractivity contribution in [3.8, 4) is 10.6 Å². The zero-order valence-corrected chi connectivity index (χ0v) is 17.6. The fraction of sp³-hybridized carbons (Fsp3) is 0.0400. The number of thiophene rings is 2. The van der Waals surface area contributed by atoms with Crippen LogP contribution in [0, 0.1) is 0 Å². The predicted octanol–water partition coefficient (Wildman–Crippen LogP) is 6.58. The summed E-state index contributed by atoms with van der Waals surface area (Å²) in [6, 6.07) is 19.9. The number of rotatable bonds is 2. The highest BCUT2D eigenvalue weighted by Gasteiger charge is 2.33. The summed E-state index contributed by atoms with van der Waals surface area (Å²) in [5, 5.41) is 4.02. The largest absolute Gasteiger partial charge is 0.342 e. The molecule has 2 aromatic carbocycles. The first-order valence-corrected chi connectivity index (χ1v) is 11.3. The van der Waals surface area contributed by atoms with Gasteiger partial charge in [-0.2, -0.15) is 0 Å². The number of hydrogen-bond acceptors (Lipinski definition) is 4. The maximum atomic E-state index is 13.0. The predicted molar refractivity (Wildman–Crippen MR) is 125 cm³/mol. The van der Waals surface area contributed by atoms with Gasteiger partial charge in [0.2, 0.25) is 0 Å². The summed E-state index contributed by atoms with van der Waals surface area (Å²) < 4.78 is 3.31. The number of Topliss-reactive ketones (excluding diaryl/α,β-unsaturated/α-hetero) is 2. The number of benzene rings is 2. The number of allylic oxidation sites excluding steroid dienone is 1. The van der Waals surface area contributed by atoms with Crippen molar-refractivity contribution in [3.05, 3.63) is 87.6 Å². The first kappa shape index (κ1) is 17.6. The Morgan fingerprint density at radius 2 is 1.57 bits per heavy atom. The zero-order valence-electron chi connectivity index (χ0n) is 16.0. The van der Waals surface area contributed by atoms with Crippen molar-refractivity contribution in [1.82, 2.24) is 4.57 Å². The van der Waals surface area contributed by atoms with E-state index in [1.165, 1.54) is 10.6 Å². The topological polar surface area (TPSA) is 39.1 Å². The highest BCUT2D eigenvalue weighted by molar-refractivity contribution is 7.20. The van der Waals surface area contributed by atoms with Gasteiger partial charge in [0.25, 0.3) is 0 Å². The van der Waals surface area contributed by atoms with Crippen molar-refractivity contribution in [2.24, 2.45) is 7.05 Å². The number of fused-ring (bicyclic) bond motifs is 3. The summed E-state index contributed by atoms with van der Waals surface area (Å²) >= 11 is 3.32. The SMILES string of the molecule is Cn1c(-c2cccs2)cc2sc(C=C3C(=O)c4cc5ccccc5cc4C3=O)cc21. The van der Waals surface area contributed by atoms with E-state index in [1.54, 1.807) is 28.7 Å². The normalized spacial score (nSPS) is 13.6. The molecule has 1 aliphatic rings. The van der Waals surface area contributed by atoms with Crippen LogP contribution in [0.15, 0.2) is 71.6 Å². The minimum absolute atomic E-state index is 0.183. The molecular formula is C25H15NO2S2. The molecule has 3 aromatic heterocycles. The van der Waals surface area contributed by atoms with Crippen LogP contribution in [0.3, 0.4) is 0 Å². The van der Waals surface area contributed by atoms with Crippen molar-refractivity contribution in [1.29, 1.82) is 0 Å². The maximum absolute atomic E-state index is 13.0. The number of ketones is 2. The second-order valence-corrected chi connectivity index (χ2v) is 9.49. The molecule has 0 bridgehead atoms. The molecule has 0 amide bonds. The second kappa shape index (κ2) is 6.36. The molecule has 30 heavy (non-hydrogen) atoms. The Morgan fingerprint density at radius 3 is 2.17 bits per heavy atom. The van der Waals surface area contributed by atoms with Crippen molar-refractivity contribution in [2.45, 2.75) is 0 Å². The highest BCUT2D eigenvalue weighted by atomic mass is 32.1. The van der Waals surface area contributed by atoms with Gasteiger partial charge in [0, 0.05) is 23.1 Å². The van der Waals surface area contributed by atoms with Crippen molar-refractivity contribution in [3.63, 3.8) is 0 Å². The van der Waals surface area contributed by atoms with Crippen molar-refractivity contribution in [2.75, 3.05) is 0 Å². The van der Waals surface area contributed by atoms with Crippen LogP contribution in [0.4, 0.5) is 0 Å². The lowest BCUT2D eigenvalue weighted by molar-refractivity contribution is 0.0990. The molecule has 0 aliphatic heterocycles. The quantitative estimate of drug-likeness (QED) is 0.237. The Kier molecular flexibility index (Phi) is 3.72. The third kappa shape index (κ3) is 2.49. The van der Waals surface area contributed by atoms with Crippen LogP contribution in [-0.4, -0.2) is 16.1 Å². The van der Waals surface area contributed by atoms with Crippen LogP contribution in [0.2, 0.25) is 0 Å². The summed E-state index contributed by atoms with van der Waals surface area (Å²) in [7, 11) is 2.05. The molecule has 144 valence electrons. The average Bonchev–Trinajstić information content (AvgIpc) is 3.51. The Hall–Kier alpha value is -3.28. The molecule has 0 saturated carbocycles. The summed E-state index contributed by atoms with van der Waals surface area (Å²) in [6.45, 7) is 0. The Bertz CT molecular complexity index is 1470. The molecule has 0 N–H and O–H groups in total. The van der Waals surface area contributed by atoms with Crippen molar-refractivity contribution >= 4 is 61.3 Å². The van der Waals surface area contributed by atoms with Crippen LogP contribution in [-0.2, 0) is 7.05 Å². The lowest BCUT2D eigenvalue weighted by Gasteiger charge is -2.00. The summed E-state index contributed by atoms with van der Waals surface area (Å²) in [5.74, 6) is -0.366. The van der Waals surface area contributed by atoms with Crippen LogP contribution >= 0.6 is 22.7 Å². The first-order valence-electron chi connectivity index (χ1n) is 9.57. The van der Waals surface area contributed by atoms with Crippen LogP contribution in [0.5, 0.6) is 0 Å². The number of aromatic nitrogens is 1. The molecule has 3 heterocycles. The van der Waals surface area contributed by atoms with Gasteiger partial charge in [-0.3, -0.25) is 9.59 Å². The molecular weight excluding hydrogens is 410 g/mol. The third-order valence-corrected chi connectivity index (χ3v) is 7.59. The molecule has 0 atom stereocenters. The number of hydrogen-bond donors (Lipinski definition) is 0. The van der Waals surface area contributed by atoms with Crippen molar-refractivity contribution < 1.29 is 9.59 Å². The summed E-state index contributed by atoms with van der Waals surface area (Å²) in [6.07, 6.45) is 1.75. The van der Waals surface area contributed by atoms with Crippen LogP contribution < -0.4 is 0 Å². The Morgan fingerprint density at radius 1 is 0.867 bits per heavy atom. The standard InChI is InChI=1S/C25H15NO2S2/c1-26-20-12-16(30-23(20)13-21(26)22-7-4-8-29-22)11-19-24(27)17-9-14-5-2-3-6-15(14)10-18(17)25(19)28/h2-13H,1H3. The van der Waals surface area contributed by atoms with Gasteiger partial charge in [-0.05, 0) is 52.6 Å². The summed E-state index contributed by atoms with van der Waals surface area (Å²) in [5.41, 5.74) is 3.55.